The van der Waals surface area contributed by atoms with Gasteiger partial charge in [0.15, 0.2) is 6.23 Å². The van der Waals surface area contributed by atoms with Crippen LogP contribution < -0.4 is 4.90 Å². The van der Waals surface area contributed by atoms with Crippen molar-refractivity contribution in [2.45, 2.75) is 31.0 Å². The van der Waals surface area contributed by atoms with Crippen molar-refractivity contribution < 1.29 is 25.0 Å². The molecule has 0 radical (unpaired) electrons. The van der Waals surface area contributed by atoms with Gasteiger partial charge in [-0.2, -0.15) is 0 Å². The van der Waals surface area contributed by atoms with E-state index >= 15 is 0 Å². The van der Waals surface area contributed by atoms with Gasteiger partial charge in [0.2, 0.25) is 0 Å². The number of hydrogen-bond acceptors (Lipinski definition) is 7. The molecule has 8 heteroatoms. The Balaban J connectivity index is 1.90. The van der Waals surface area contributed by atoms with Crippen LogP contribution in [0.2, 0.25) is 0 Å². The van der Waals surface area contributed by atoms with Gasteiger partial charge in [0.05, 0.1) is 11.5 Å². The van der Waals surface area contributed by atoms with Gasteiger partial charge in [0.25, 0.3) is 5.69 Å². The van der Waals surface area contributed by atoms with E-state index in [0.29, 0.717) is 18.7 Å². The Labute approximate surface area is 120 Å². The molecule has 3 N–H and O–H groups in total. The second kappa shape index (κ2) is 5.23. The van der Waals surface area contributed by atoms with Gasteiger partial charge in [-0.05, 0) is 12.0 Å². The highest BCUT2D eigenvalue weighted by Gasteiger charge is 2.42. The van der Waals surface area contributed by atoms with Gasteiger partial charge in [-0.15, -0.1) is 0 Å². The number of benzene rings is 1. The van der Waals surface area contributed by atoms with E-state index in [4.69, 9.17) is 4.74 Å². The molecular formula is C13H16N2O6. The van der Waals surface area contributed by atoms with Crippen molar-refractivity contribution in [2.75, 3.05) is 18.1 Å². The Morgan fingerprint density at radius 1 is 1.29 bits per heavy atom. The van der Waals surface area contributed by atoms with Crippen molar-refractivity contribution in [2.24, 2.45) is 0 Å². The fourth-order valence-electron chi connectivity index (χ4n) is 2.84. The number of aliphatic hydroxyl groups is 3. The predicted octanol–water partition coefficient (Wildman–Crippen LogP) is -0.604. The van der Waals surface area contributed by atoms with Crippen molar-refractivity contribution in [1.82, 2.24) is 0 Å². The molecule has 114 valence electrons. The van der Waals surface area contributed by atoms with Gasteiger partial charge in [0.1, 0.15) is 18.3 Å². The van der Waals surface area contributed by atoms with Gasteiger partial charge < -0.3 is 25.0 Å². The predicted molar refractivity (Wildman–Crippen MR) is 71.9 cm³/mol. The number of anilines is 1. The highest BCUT2D eigenvalue weighted by molar-refractivity contribution is 5.63. The first-order valence-corrected chi connectivity index (χ1v) is 6.69. The minimum Gasteiger partial charge on any atom is -0.388 e. The van der Waals surface area contributed by atoms with Crippen LogP contribution in [0.1, 0.15) is 5.56 Å². The maximum atomic E-state index is 10.9. The second-order valence-corrected chi connectivity index (χ2v) is 5.29. The summed E-state index contributed by atoms with van der Waals surface area (Å²) in [6.07, 6.45) is -3.86. The van der Waals surface area contributed by atoms with Crippen LogP contribution in [-0.4, -0.2) is 57.9 Å². The van der Waals surface area contributed by atoms with E-state index in [1.54, 1.807) is 11.0 Å². The molecule has 3 rings (SSSR count). The Morgan fingerprint density at radius 3 is 2.76 bits per heavy atom. The SMILES string of the molecule is O=[N+]([O-])c1ccc2c(c1)N([C@@H]1OC[C@@H](O)[C@@H](O)[C@H]1O)CC2. The third kappa shape index (κ3) is 2.36. The van der Waals surface area contributed by atoms with E-state index in [9.17, 15) is 25.4 Å². The third-order valence-corrected chi connectivity index (χ3v) is 3.99. The quantitative estimate of drug-likeness (QED) is 0.492. The van der Waals surface area contributed by atoms with Crippen LogP contribution in [0.25, 0.3) is 0 Å². The van der Waals surface area contributed by atoms with Crippen molar-refractivity contribution in [3.05, 3.63) is 33.9 Å². The van der Waals surface area contributed by atoms with Gasteiger partial charge in [-0.3, -0.25) is 10.1 Å². The van der Waals surface area contributed by atoms with E-state index in [1.165, 1.54) is 12.1 Å². The van der Waals surface area contributed by atoms with Crippen LogP contribution in [0, 0.1) is 10.1 Å². The Bertz CT molecular complexity index is 566. The summed E-state index contributed by atoms with van der Waals surface area (Å²) in [5.74, 6) is 0. The summed E-state index contributed by atoms with van der Waals surface area (Å²) in [5.41, 5.74) is 1.51. The van der Waals surface area contributed by atoms with Crippen LogP contribution in [0.4, 0.5) is 11.4 Å². The van der Waals surface area contributed by atoms with Crippen molar-refractivity contribution in [3.63, 3.8) is 0 Å². The number of aliphatic hydroxyl groups excluding tert-OH is 3. The van der Waals surface area contributed by atoms with Crippen molar-refractivity contribution >= 4 is 11.4 Å². The van der Waals surface area contributed by atoms with E-state index in [1.807, 2.05) is 0 Å². The lowest BCUT2D eigenvalue weighted by Crippen LogP contribution is -2.58. The molecule has 0 saturated carbocycles. The van der Waals surface area contributed by atoms with Crippen LogP contribution >= 0.6 is 0 Å². The lowest BCUT2D eigenvalue weighted by molar-refractivity contribution is -0.384. The normalized spacial score (nSPS) is 32.0. The summed E-state index contributed by atoms with van der Waals surface area (Å²) in [7, 11) is 0. The topological polar surface area (TPSA) is 116 Å². The van der Waals surface area contributed by atoms with E-state index in [2.05, 4.69) is 0 Å². The summed E-state index contributed by atoms with van der Waals surface area (Å²) in [6.45, 7) is 0.435. The molecule has 0 amide bonds. The van der Waals surface area contributed by atoms with Crippen LogP contribution in [0.3, 0.4) is 0 Å². The van der Waals surface area contributed by atoms with Gasteiger partial charge in [-0.1, -0.05) is 6.07 Å². The summed E-state index contributed by atoms with van der Waals surface area (Å²) in [5, 5.41) is 40.2. The first kappa shape index (κ1) is 14.2. The molecule has 0 spiro atoms. The molecule has 0 unspecified atom stereocenters. The summed E-state index contributed by atoms with van der Waals surface area (Å²) in [6, 6.07) is 4.57. The fraction of sp³-hybridized carbons (Fsp3) is 0.538. The molecule has 21 heavy (non-hydrogen) atoms. The molecule has 2 aliphatic heterocycles. The first-order chi connectivity index (χ1) is 9.99. The first-order valence-electron chi connectivity index (χ1n) is 6.69. The highest BCUT2D eigenvalue weighted by Crippen LogP contribution is 2.35. The Kier molecular flexibility index (Phi) is 3.54. The second-order valence-electron chi connectivity index (χ2n) is 5.29. The summed E-state index contributed by atoms with van der Waals surface area (Å²) >= 11 is 0. The lowest BCUT2D eigenvalue weighted by atomic mass is 10.0. The van der Waals surface area contributed by atoms with E-state index in [0.717, 1.165) is 5.56 Å². The van der Waals surface area contributed by atoms with E-state index in [-0.39, 0.29) is 12.3 Å². The fourth-order valence-corrected chi connectivity index (χ4v) is 2.84. The lowest BCUT2D eigenvalue weighted by Gasteiger charge is -2.40. The molecular weight excluding hydrogens is 280 g/mol. The number of rotatable bonds is 2. The monoisotopic (exact) mass is 296 g/mol. The molecule has 2 heterocycles. The molecule has 1 saturated heterocycles. The molecule has 0 aromatic heterocycles. The molecule has 1 fully saturated rings. The summed E-state index contributed by atoms with van der Waals surface area (Å²) < 4.78 is 5.41. The van der Waals surface area contributed by atoms with Gasteiger partial charge in [0, 0.05) is 24.4 Å². The molecule has 0 aliphatic carbocycles. The number of ether oxygens (including phenoxy) is 1. The number of fused-ring (bicyclic) bond motifs is 1. The van der Waals surface area contributed by atoms with Crippen LogP contribution in [0.15, 0.2) is 18.2 Å². The number of nitro groups is 1. The maximum Gasteiger partial charge on any atom is 0.271 e. The smallest absolute Gasteiger partial charge is 0.271 e. The highest BCUT2D eigenvalue weighted by atomic mass is 16.6. The van der Waals surface area contributed by atoms with Gasteiger partial charge in [-0.25, -0.2) is 0 Å². The average Bonchev–Trinajstić information content (AvgIpc) is 2.88. The van der Waals surface area contributed by atoms with Crippen molar-refractivity contribution in [3.8, 4) is 0 Å². The minimum absolute atomic E-state index is 0.0356. The minimum atomic E-state index is -1.30. The zero-order valence-corrected chi connectivity index (χ0v) is 11.1. The molecule has 8 nitrogen and oxygen atoms in total. The zero-order chi connectivity index (χ0) is 15.1. The van der Waals surface area contributed by atoms with Crippen LogP contribution in [-0.2, 0) is 11.2 Å². The number of nitro benzene ring substituents is 1. The van der Waals surface area contributed by atoms with Crippen LogP contribution in [0.5, 0.6) is 0 Å². The van der Waals surface area contributed by atoms with Gasteiger partial charge >= 0.3 is 0 Å². The molecule has 0 bridgehead atoms. The number of hydrogen-bond donors (Lipinski definition) is 3. The molecule has 4 atom stereocenters. The largest absolute Gasteiger partial charge is 0.388 e. The molecule has 1 aromatic rings. The average molecular weight is 296 g/mol. The number of nitrogens with zero attached hydrogens (tertiary/aromatic N) is 2. The van der Waals surface area contributed by atoms with E-state index < -0.39 is 29.5 Å². The Morgan fingerprint density at radius 2 is 2.05 bits per heavy atom. The summed E-state index contributed by atoms with van der Waals surface area (Å²) in [4.78, 5) is 12.1. The third-order valence-electron chi connectivity index (χ3n) is 3.99. The Hall–Kier alpha value is -1.74. The van der Waals surface area contributed by atoms with Crippen molar-refractivity contribution in [1.29, 1.82) is 0 Å². The maximum absolute atomic E-state index is 10.9. The standard InChI is InChI=1S/C13H16N2O6/c16-10-6-21-13(12(18)11(10)17)14-4-3-7-1-2-8(15(19)20)5-9(7)14/h1-2,5,10-13,16-18H,3-4,6H2/t10-,11-,12-,13-/m1/s1. The number of non-ortho nitro benzene ring substituents is 1. The molecule has 1 aromatic carbocycles. The zero-order valence-electron chi connectivity index (χ0n) is 11.1. The molecule has 2 aliphatic rings.